The Labute approximate surface area is 252 Å². The third-order valence-electron chi connectivity index (χ3n) is 8.96. The molecule has 0 aromatic heterocycles. The molecular formula is C36H46O5Si. The highest BCUT2D eigenvalue weighted by Gasteiger charge is 2.55. The Bertz CT molecular complexity index is 1230. The van der Waals surface area contributed by atoms with Crippen molar-refractivity contribution in [2.45, 2.75) is 89.3 Å². The zero-order valence-corrected chi connectivity index (χ0v) is 26.6. The van der Waals surface area contributed by atoms with Crippen LogP contribution in [-0.4, -0.2) is 45.5 Å². The van der Waals surface area contributed by atoms with Crippen molar-refractivity contribution in [1.29, 1.82) is 0 Å². The molecule has 3 aromatic rings. The molecule has 0 N–H and O–H groups in total. The van der Waals surface area contributed by atoms with E-state index in [2.05, 4.69) is 88.4 Å². The molecule has 224 valence electrons. The molecule has 0 radical (unpaired) electrons. The third kappa shape index (κ3) is 6.57. The van der Waals surface area contributed by atoms with Gasteiger partial charge in [0.05, 0.1) is 24.9 Å². The molecule has 1 saturated heterocycles. The van der Waals surface area contributed by atoms with E-state index in [4.69, 9.17) is 18.6 Å². The summed E-state index contributed by atoms with van der Waals surface area (Å²) in [6.45, 7) is 9.94. The van der Waals surface area contributed by atoms with E-state index in [1.165, 1.54) is 16.8 Å². The zero-order chi connectivity index (χ0) is 29.6. The smallest absolute Gasteiger partial charge is 0.338 e. The molecular weight excluding hydrogens is 540 g/mol. The summed E-state index contributed by atoms with van der Waals surface area (Å²) >= 11 is 0. The fraction of sp³-hybridized carbons (Fsp3) is 0.472. The second-order valence-corrected chi connectivity index (χ2v) is 17.2. The topological polar surface area (TPSA) is 54.0 Å². The standard InChI is InChI=1S/C36H46O5Si/c1-28(23-26-38-34(37)29-17-9-5-10-18-29)33(32-27-39-36(40-32)24-15-8-16-25-36)41-42(35(2,3)4,30-19-11-6-12-20-30)31-21-13-7-14-22-31/h5-7,9-14,17-22,28,32-33H,8,15-16,23-27H2,1-4H3/t28-,32+,33-/m0/s1. The van der Waals surface area contributed by atoms with Gasteiger partial charge in [0.25, 0.3) is 8.32 Å². The van der Waals surface area contributed by atoms with Gasteiger partial charge < -0.3 is 18.6 Å². The molecule has 2 fully saturated rings. The minimum atomic E-state index is -2.86. The van der Waals surface area contributed by atoms with Gasteiger partial charge >= 0.3 is 5.97 Å². The summed E-state index contributed by atoms with van der Waals surface area (Å²) in [5.41, 5.74) is 0.567. The van der Waals surface area contributed by atoms with Crippen molar-refractivity contribution in [3.8, 4) is 0 Å². The average molecular weight is 587 g/mol. The first kappa shape index (κ1) is 30.7. The highest BCUT2D eigenvalue weighted by Crippen LogP contribution is 2.43. The maximum Gasteiger partial charge on any atom is 0.338 e. The number of carbonyl (C=O) groups is 1. The second-order valence-electron chi connectivity index (χ2n) is 13.0. The molecule has 0 amide bonds. The molecule has 1 saturated carbocycles. The summed E-state index contributed by atoms with van der Waals surface area (Å²) in [5, 5.41) is 2.31. The van der Waals surface area contributed by atoms with E-state index in [-0.39, 0.29) is 29.1 Å². The van der Waals surface area contributed by atoms with Crippen molar-refractivity contribution in [2.75, 3.05) is 13.2 Å². The summed E-state index contributed by atoms with van der Waals surface area (Å²) in [6.07, 6.45) is 5.54. The van der Waals surface area contributed by atoms with Gasteiger partial charge in [0.1, 0.15) is 6.10 Å². The van der Waals surface area contributed by atoms with Crippen LogP contribution in [0.4, 0.5) is 0 Å². The van der Waals surface area contributed by atoms with Gasteiger partial charge in [-0.3, -0.25) is 0 Å². The molecule has 6 heteroatoms. The van der Waals surface area contributed by atoms with E-state index >= 15 is 0 Å². The van der Waals surface area contributed by atoms with E-state index in [0.29, 0.717) is 25.2 Å². The lowest BCUT2D eigenvalue weighted by atomic mass is 9.94. The summed E-state index contributed by atoms with van der Waals surface area (Å²) < 4.78 is 26.8. The molecule has 1 aliphatic heterocycles. The van der Waals surface area contributed by atoms with Crippen molar-refractivity contribution >= 4 is 24.7 Å². The predicted octanol–water partition coefficient (Wildman–Crippen LogP) is 6.89. The maximum atomic E-state index is 12.7. The molecule has 0 unspecified atom stereocenters. The molecule has 3 aromatic carbocycles. The molecule has 1 spiro atoms. The first-order valence-electron chi connectivity index (χ1n) is 15.6. The Balaban J connectivity index is 1.47. The van der Waals surface area contributed by atoms with Crippen LogP contribution >= 0.6 is 0 Å². The van der Waals surface area contributed by atoms with Gasteiger partial charge in [-0.15, -0.1) is 0 Å². The van der Waals surface area contributed by atoms with Crippen molar-refractivity contribution in [2.24, 2.45) is 5.92 Å². The monoisotopic (exact) mass is 586 g/mol. The number of rotatable bonds is 10. The van der Waals surface area contributed by atoms with E-state index < -0.39 is 14.1 Å². The first-order valence-corrected chi connectivity index (χ1v) is 17.5. The van der Waals surface area contributed by atoms with Crippen molar-refractivity contribution in [1.82, 2.24) is 0 Å². The van der Waals surface area contributed by atoms with Crippen LogP contribution < -0.4 is 10.4 Å². The SMILES string of the molecule is C[C@@H](CCOC(=O)c1ccccc1)[C@H](O[Si](c1ccccc1)(c1ccccc1)C(C)(C)C)[C@H]1COC2(CCCCC2)O1. The lowest BCUT2D eigenvalue weighted by molar-refractivity contribution is -0.197. The lowest BCUT2D eigenvalue weighted by Crippen LogP contribution is -2.69. The first-order chi connectivity index (χ1) is 20.2. The number of carbonyl (C=O) groups excluding carboxylic acids is 1. The normalized spacial score (nSPS) is 20.2. The molecule has 3 atom stereocenters. The molecule has 5 nitrogen and oxygen atoms in total. The van der Waals surface area contributed by atoms with Gasteiger partial charge in [0.15, 0.2) is 5.79 Å². The minimum Gasteiger partial charge on any atom is -0.462 e. The van der Waals surface area contributed by atoms with Crippen LogP contribution in [0.3, 0.4) is 0 Å². The zero-order valence-electron chi connectivity index (χ0n) is 25.6. The van der Waals surface area contributed by atoms with E-state index in [9.17, 15) is 4.79 Å². The van der Waals surface area contributed by atoms with Crippen molar-refractivity contribution in [3.05, 3.63) is 96.6 Å². The van der Waals surface area contributed by atoms with Crippen LogP contribution in [0.25, 0.3) is 0 Å². The van der Waals surface area contributed by atoms with Gasteiger partial charge in [0.2, 0.25) is 0 Å². The highest BCUT2D eigenvalue weighted by molar-refractivity contribution is 6.99. The van der Waals surface area contributed by atoms with Crippen molar-refractivity contribution < 1.29 is 23.4 Å². The van der Waals surface area contributed by atoms with Gasteiger partial charge in [-0.05, 0) is 52.7 Å². The van der Waals surface area contributed by atoms with Gasteiger partial charge in [-0.25, -0.2) is 4.79 Å². The second kappa shape index (κ2) is 13.3. The molecule has 1 heterocycles. The Morgan fingerprint density at radius 1 is 0.881 bits per heavy atom. The summed E-state index contributed by atoms with van der Waals surface area (Å²) in [7, 11) is -2.86. The average Bonchev–Trinajstić information content (AvgIpc) is 3.41. The molecule has 42 heavy (non-hydrogen) atoms. The number of hydrogen-bond donors (Lipinski definition) is 0. The van der Waals surface area contributed by atoms with Gasteiger partial charge in [-0.2, -0.15) is 0 Å². The van der Waals surface area contributed by atoms with Crippen LogP contribution in [0.5, 0.6) is 0 Å². The van der Waals surface area contributed by atoms with Crippen LogP contribution in [0, 0.1) is 5.92 Å². The Morgan fingerprint density at radius 3 is 1.98 bits per heavy atom. The minimum absolute atomic E-state index is 0.0579. The third-order valence-corrected chi connectivity index (χ3v) is 14.0. The van der Waals surface area contributed by atoms with E-state index in [1.54, 1.807) is 12.1 Å². The molecule has 5 rings (SSSR count). The van der Waals surface area contributed by atoms with Gasteiger partial charge in [-0.1, -0.05) is 113 Å². The predicted molar refractivity (Wildman–Crippen MR) is 170 cm³/mol. The van der Waals surface area contributed by atoms with Gasteiger partial charge in [0, 0.05) is 12.8 Å². The fourth-order valence-electron chi connectivity index (χ4n) is 6.71. The Morgan fingerprint density at radius 2 is 1.43 bits per heavy atom. The molecule has 1 aliphatic carbocycles. The van der Waals surface area contributed by atoms with Crippen LogP contribution in [0.2, 0.25) is 5.04 Å². The largest absolute Gasteiger partial charge is 0.462 e. The van der Waals surface area contributed by atoms with E-state index in [1.807, 2.05) is 18.2 Å². The highest BCUT2D eigenvalue weighted by atomic mass is 28.4. The van der Waals surface area contributed by atoms with Crippen LogP contribution in [-0.2, 0) is 18.6 Å². The Hall–Kier alpha value is -2.77. The number of ether oxygens (including phenoxy) is 3. The summed E-state index contributed by atoms with van der Waals surface area (Å²) in [4.78, 5) is 12.7. The number of benzene rings is 3. The van der Waals surface area contributed by atoms with Crippen molar-refractivity contribution in [3.63, 3.8) is 0 Å². The Kier molecular flexibility index (Phi) is 9.68. The molecule has 0 bridgehead atoms. The summed E-state index contributed by atoms with van der Waals surface area (Å²) in [6, 6.07) is 30.7. The molecule has 2 aliphatic rings. The van der Waals surface area contributed by atoms with Crippen LogP contribution in [0.15, 0.2) is 91.0 Å². The maximum absolute atomic E-state index is 12.7. The van der Waals surface area contributed by atoms with Crippen LogP contribution in [0.1, 0.15) is 76.6 Å². The lowest BCUT2D eigenvalue weighted by Gasteiger charge is -2.47. The van der Waals surface area contributed by atoms with E-state index in [0.717, 1.165) is 25.7 Å². The quantitative estimate of drug-likeness (QED) is 0.191. The number of esters is 1. The number of hydrogen-bond acceptors (Lipinski definition) is 5. The summed E-state index contributed by atoms with van der Waals surface area (Å²) in [5.74, 6) is -0.744. The fourth-order valence-corrected chi connectivity index (χ4v) is 11.5.